The molecule has 0 bridgehead atoms. The minimum atomic E-state index is -0.423. The fourth-order valence-corrected chi connectivity index (χ4v) is 4.79. The number of amides is 2. The molecule has 3 fully saturated rings. The minimum absolute atomic E-state index is 0.119. The predicted octanol–water partition coefficient (Wildman–Crippen LogP) is 0.720. The highest BCUT2D eigenvalue weighted by molar-refractivity contribution is 5.93. The van der Waals surface area contributed by atoms with Crippen LogP contribution in [0.4, 0.5) is 5.82 Å². The van der Waals surface area contributed by atoms with E-state index in [2.05, 4.69) is 14.8 Å². The Bertz CT molecular complexity index is 729. The number of morpholine rings is 1. The van der Waals surface area contributed by atoms with Crippen molar-refractivity contribution in [2.75, 3.05) is 57.4 Å². The number of nitrogens with zero attached hydrogens (tertiary/aromatic N) is 4. The number of nitrogens with two attached hydrogens (primary N) is 1. The summed E-state index contributed by atoms with van der Waals surface area (Å²) in [6.07, 6.45) is 5.81. The zero-order chi connectivity index (χ0) is 20.2. The Balaban J connectivity index is 1.31. The smallest absolute Gasteiger partial charge is 0.248 e. The number of hydrogen-bond acceptors (Lipinski definition) is 6. The van der Waals surface area contributed by atoms with Gasteiger partial charge in [-0.15, -0.1) is 0 Å². The quantitative estimate of drug-likeness (QED) is 0.799. The van der Waals surface area contributed by atoms with E-state index in [1.807, 2.05) is 4.90 Å². The Morgan fingerprint density at radius 3 is 2.55 bits per heavy atom. The molecule has 8 nitrogen and oxygen atoms in total. The van der Waals surface area contributed by atoms with Crippen LogP contribution in [-0.2, 0) is 9.53 Å². The lowest BCUT2D eigenvalue weighted by Gasteiger charge is -2.43. The van der Waals surface area contributed by atoms with E-state index in [0.29, 0.717) is 30.7 Å². The summed E-state index contributed by atoms with van der Waals surface area (Å²) in [5, 5.41) is 0. The molecule has 3 aliphatic rings. The first-order valence-electron chi connectivity index (χ1n) is 10.7. The van der Waals surface area contributed by atoms with Crippen LogP contribution in [-0.4, -0.2) is 85.1 Å². The number of hydrogen-bond donors (Lipinski definition) is 1. The maximum Gasteiger partial charge on any atom is 0.248 e. The molecule has 0 radical (unpaired) electrons. The molecule has 4 rings (SSSR count). The molecular weight excluding hydrogens is 370 g/mol. The van der Waals surface area contributed by atoms with E-state index in [1.165, 1.54) is 0 Å². The highest BCUT2D eigenvalue weighted by Gasteiger charge is 2.34. The highest BCUT2D eigenvalue weighted by atomic mass is 16.5. The maximum absolute atomic E-state index is 12.9. The average molecular weight is 402 g/mol. The van der Waals surface area contributed by atoms with Crippen LogP contribution >= 0.6 is 0 Å². The van der Waals surface area contributed by atoms with E-state index in [-0.39, 0.29) is 5.92 Å². The normalized spacial score (nSPS) is 24.5. The number of carbonyl (C=O) groups is 2. The number of pyridine rings is 1. The molecule has 0 spiro atoms. The first-order chi connectivity index (χ1) is 14.1. The Morgan fingerprint density at radius 1 is 1.07 bits per heavy atom. The molecule has 2 N–H and O–H groups in total. The zero-order valence-corrected chi connectivity index (χ0v) is 17.0. The van der Waals surface area contributed by atoms with Gasteiger partial charge in [-0.25, -0.2) is 4.98 Å². The second-order valence-electron chi connectivity index (χ2n) is 8.26. The topological polar surface area (TPSA) is 92.0 Å². The number of rotatable bonds is 4. The third kappa shape index (κ3) is 4.70. The van der Waals surface area contributed by atoms with Gasteiger partial charge < -0.3 is 20.3 Å². The Labute approximate surface area is 172 Å². The Hall–Kier alpha value is -2.19. The van der Waals surface area contributed by atoms with Gasteiger partial charge in [-0.05, 0) is 44.4 Å². The second-order valence-corrected chi connectivity index (χ2v) is 8.26. The molecule has 8 heteroatoms. The van der Waals surface area contributed by atoms with Crippen molar-refractivity contribution in [3.8, 4) is 0 Å². The summed E-state index contributed by atoms with van der Waals surface area (Å²) in [5.74, 6) is 0.822. The van der Waals surface area contributed by atoms with Crippen molar-refractivity contribution in [3.05, 3.63) is 23.9 Å². The van der Waals surface area contributed by atoms with Gasteiger partial charge >= 0.3 is 0 Å². The SMILES string of the molecule is NC(=O)c1ccnc(N2CCC(N3CCC[C@H](C(=O)N4CCOCC4)C3)CC2)c1. The molecule has 3 saturated heterocycles. The van der Waals surface area contributed by atoms with Crippen LogP contribution in [0.2, 0.25) is 0 Å². The first kappa shape index (κ1) is 20.1. The van der Waals surface area contributed by atoms with Crippen LogP contribution in [0.15, 0.2) is 18.3 Å². The molecule has 1 atom stereocenters. The van der Waals surface area contributed by atoms with E-state index in [9.17, 15) is 9.59 Å². The lowest BCUT2D eigenvalue weighted by Crippen LogP contribution is -2.52. The number of primary amides is 1. The molecule has 0 aromatic carbocycles. The van der Waals surface area contributed by atoms with Crippen LogP contribution < -0.4 is 10.6 Å². The molecule has 4 heterocycles. The van der Waals surface area contributed by atoms with Crippen molar-refractivity contribution in [2.24, 2.45) is 11.7 Å². The minimum Gasteiger partial charge on any atom is -0.378 e. The summed E-state index contributed by atoms with van der Waals surface area (Å²) in [6.45, 7) is 6.52. The summed E-state index contributed by atoms with van der Waals surface area (Å²) in [5.41, 5.74) is 5.89. The third-order valence-corrected chi connectivity index (χ3v) is 6.46. The third-order valence-electron chi connectivity index (χ3n) is 6.46. The van der Waals surface area contributed by atoms with Crippen LogP contribution in [0.25, 0.3) is 0 Å². The number of anilines is 1. The van der Waals surface area contributed by atoms with Crippen molar-refractivity contribution in [1.82, 2.24) is 14.8 Å². The van der Waals surface area contributed by atoms with Crippen molar-refractivity contribution >= 4 is 17.6 Å². The van der Waals surface area contributed by atoms with E-state index in [1.54, 1.807) is 18.3 Å². The fraction of sp³-hybridized carbons (Fsp3) is 0.667. The monoisotopic (exact) mass is 401 g/mol. The van der Waals surface area contributed by atoms with E-state index >= 15 is 0 Å². The van der Waals surface area contributed by atoms with Crippen LogP contribution in [0, 0.1) is 5.92 Å². The summed E-state index contributed by atoms with van der Waals surface area (Å²) < 4.78 is 5.38. The van der Waals surface area contributed by atoms with Crippen LogP contribution in [0.3, 0.4) is 0 Å². The summed E-state index contributed by atoms with van der Waals surface area (Å²) in [4.78, 5) is 35.5. The number of ether oxygens (including phenoxy) is 1. The number of piperidine rings is 2. The summed E-state index contributed by atoms with van der Waals surface area (Å²) >= 11 is 0. The zero-order valence-electron chi connectivity index (χ0n) is 17.0. The molecule has 1 aromatic rings. The lowest BCUT2D eigenvalue weighted by molar-refractivity contribution is -0.141. The molecule has 0 unspecified atom stereocenters. The van der Waals surface area contributed by atoms with Gasteiger partial charge in [0.1, 0.15) is 5.82 Å². The predicted molar refractivity (Wildman–Crippen MR) is 110 cm³/mol. The van der Waals surface area contributed by atoms with E-state index in [0.717, 1.165) is 70.8 Å². The van der Waals surface area contributed by atoms with Gasteiger partial charge in [-0.2, -0.15) is 0 Å². The van der Waals surface area contributed by atoms with Crippen LogP contribution in [0.5, 0.6) is 0 Å². The van der Waals surface area contributed by atoms with Crippen molar-refractivity contribution in [1.29, 1.82) is 0 Å². The Morgan fingerprint density at radius 2 is 1.83 bits per heavy atom. The number of carbonyl (C=O) groups excluding carboxylic acids is 2. The maximum atomic E-state index is 12.9. The molecule has 158 valence electrons. The number of aromatic nitrogens is 1. The molecule has 0 aliphatic carbocycles. The molecule has 0 saturated carbocycles. The lowest BCUT2D eigenvalue weighted by atomic mass is 9.92. The summed E-state index contributed by atoms with van der Waals surface area (Å²) in [6, 6.07) is 3.93. The number of likely N-dealkylation sites (tertiary alicyclic amines) is 1. The van der Waals surface area contributed by atoms with Gasteiger partial charge in [0.25, 0.3) is 0 Å². The van der Waals surface area contributed by atoms with Gasteiger partial charge in [-0.1, -0.05) is 0 Å². The van der Waals surface area contributed by atoms with E-state index < -0.39 is 5.91 Å². The Kier molecular flexibility index (Phi) is 6.30. The highest BCUT2D eigenvalue weighted by Crippen LogP contribution is 2.27. The van der Waals surface area contributed by atoms with Crippen LogP contribution in [0.1, 0.15) is 36.0 Å². The first-order valence-corrected chi connectivity index (χ1v) is 10.7. The summed E-state index contributed by atoms with van der Waals surface area (Å²) in [7, 11) is 0. The van der Waals surface area contributed by atoms with Gasteiger partial charge in [0.05, 0.1) is 19.1 Å². The van der Waals surface area contributed by atoms with Gasteiger partial charge in [-0.3, -0.25) is 14.5 Å². The molecule has 3 aliphatic heterocycles. The van der Waals surface area contributed by atoms with E-state index in [4.69, 9.17) is 10.5 Å². The average Bonchev–Trinajstić information content (AvgIpc) is 2.79. The van der Waals surface area contributed by atoms with Crippen molar-refractivity contribution in [3.63, 3.8) is 0 Å². The van der Waals surface area contributed by atoms with Crippen molar-refractivity contribution in [2.45, 2.75) is 31.7 Å². The molecule has 2 amide bonds. The van der Waals surface area contributed by atoms with Crippen molar-refractivity contribution < 1.29 is 14.3 Å². The standard InChI is InChI=1S/C21H31N5O3/c22-20(27)16-3-6-23-19(14-16)24-8-4-18(5-9-24)26-7-1-2-17(15-26)21(28)25-10-12-29-13-11-25/h3,6,14,17-18H,1-2,4-5,7-13,15H2,(H2,22,27)/t17-/m0/s1. The fourth-order valence-electron chi connectivity index (χ4n) is 4.79. The molecule has 29 heavy (non-hydrogen) atoms. The largest absolute Gasteiger partial charge is 0.378 e. The molecule has 1 aromatic heterocycles. The second kappa shape index (κ2) is 9.09. The van der Waals surface area contributed by atoms with Gasteiger partial charge in [0.15, 0.2) is 0 Å². The molecular formula is C21H31N5O3. The van der Waals surface area contributed by atoms with Gasteiger partial charge in [0, 0.05) is 50.5 Å². The van der Waals surface area contributed by atoms with Gasteiger partial charge in [0.2, 0.25) is 11.8 Å².